The molecule has 0 aliphatic rings. The zero-order chi connectivity index (χ0) is 18.5. The van der Waals surface area contributed by atoms with E-state index in [0.717, 1.165) is 11.1 Å². The molecule has 2 amide bonds. The van der Waals surface area contributed by atoms with Gasteiger partial charge in [0.15, 0.2) is 0 Å². The number of hydrogen-bond donors (Lipinski definition) is 2. The van der Waals surface area contributed by atoms with Gasteiger partial charge in [-0.1, -0.05) is 41.9 Å². The summed E-state index contributed by atoms with van der Waals surface area (Å²) in [6.07, 6.45) is 2.15. The van der Waals surface area contributed by atoms with Crippen LogP contribution in [0.5, 0.6) is 0 Å². The lowest BCUT2D eigenvalue weighted by molar-refractivity contribution is 0.0956. The predicted molar refractivity (Wildman–Crippen MR) is 104 cm³/mol. The van der Waals surface area contributed by atoms with Gasteiger partial charge in [-0.05, 0) is 30.2 Å². The Hall–Kier alpha value is -2.70. The molecule has 1 heterocycles. The van der Waals surface area contributed by atoms with Crippen LogP contribution in [0.15, 0.2) is 54.7 Å². The number of nitrogens with zero attached hydrogens (tertiary/aromatic N) is 1. The van der Waals surface area contributed by atoms with Gasteiger partial charge in [0.2, 0.25) is 5.91 Å². The maximum absolute atomic E-state index is 12.3. The average molecular weight is 386 g/mol. The topological polar surface area (TPSA) is 85.1 Å². The van der Waals surface area contributed by atoms with Crippen LogP contribution in [0.1, 0.15) is 25.6 Å². The van der Waals surface area contributed by atoms with E-state index in [4.69, 9.17) is 17.3 Å². The van der Waals surface area contributed by atoms with E-state index in [1.807, 2.05) is 24.3 Å². The van der Waals surface area contributed by atoms with Crippen molar-refractivity contribution in [2.45, 2.75) is 6.42 Å². The molecule has 0 saturated heterocycles. The van der Waals surface area contributed by atoms with Crippen LogP contribution in [-0.2, 0) is 6.42 Å². The second-order valence-electron chi connectivity index (χ2n) is 5.58. The average Bonchev–Trinajstić information content (AvgIpc) is 3.12. The summed E-state index contributed by atoms with van der Waals surface area (Å²) in [5.74, 6) is -0.653. The molecule has 0 aliphatic heterocycles. The normalized spacial score (nSPS) is 10.5. The van der Waals surface area contributed by atoms with Crippen molar-refractivity contribution in [2.24, 2.45) is 5.73 Å². The fourth-order valence-corrected chi connectivity index (χ4v) is 3.58. The number of primary amides is 1. The van der Waals surface area contributed by atoms with E-state index in [0.29, 0.717) is 33.4 Å². The molecule has 0 atom stereocenters. The smallest absolute Gasteiger partial charge is 0.263 e. The van der Waals surface area contributed by atoms with Crippen molar-refractivity contribution < 1.29 is 9.59 Å². The van der Waals surface area contributed by atoms with Crippen molar-refractivity contribution in [3.63, 3.8) is 0 Å². The van der Waals surface area contributed by atoms with E-state index < -0.39 is 5.91 Å². The second kappa shape index (κ2) is 8.12. The number of amides is 2. The fraction of sp³-hybridized carbons (Fsp3) is 0.105. The minimum atomic E-state index is -0.465. The van der Waals surface area contributed by atoms with Crippen molar-refractivity contribution in [3.05, 3.63) is 75.8 Å². The zero-order valence-corrected chi connectivity index (χ0v) is 15.3. The first kappa shape index (κ1) is 18.1. The molecule has 0 radical (unpaired) electrons. The standard InChI is InChI=1S/C19H16ClN3O2S/c20-15-7-2-1-6-14(15)19-23-11-16(26-19)18(25)22-9-8-12-4-3-5-13(10-12)17(21)24/h1-7,10-11H,8-9H2,(H2,21,24)(H,22,25). The van der Waals surface area contributed by atoms with Gasteiger partial charge in [-0.15, -0.1) is 11.3 Å². The summed E-state index contributed by atoms with van der Waals surface area (Å²) in [6, 6.07) is 14.4. The first-order chi connectivity index (χ1) is 12.5. The molecule has 3 N–H and O–H groups in total. The van der Waals surface area contributed by atoms with Crippen molar-refractivity contribution in [2.75, 3.05) is 6.54 Å². The van der Waals surface area contributed by atoms with Crippen molar-refractivity contribution in [1.82, 2.24) is 10.3 Å². The Morgan fingerprint density at radius 3 is 2.73 bits per heavy atom. The minimum Gasteiger partial charge on any atom is -0.366 e. The fourth-order valence-electron chi connectivity index (χ4n) is 2.43. The molecule has 1 aromatic heterocycles. The third-order valence-electron chi connectivity index (χ3n) is 3.74. The van der Waals surface area contributed by atoms with E-state index >= 15 is 0 Å². The predicted octanol–water partition coefficient (Wildman–Crippen LogP) is 3.53. The molecule has 0 fully saturated rings. The molecule has 0 unspecified atom stereocenters. The highest BCUT2D eigenvalue weighted by Crippen LogP contribution is 2.30. The maximum Gasteiger partial charge on any atom is 0.263 e. The van der Waals surface area contributed by atoms with E-state index in [2.05, 4.69) is 10.3 Å². The van der Waals surface area contributed by atoms with Crippen LogP contribution in [0.2, 0.25) is 5.02 Å². The highest BCUT2D eigenvalue weighted by atomic mass is 35.5. The second-order valence-corrected chi connectivity index (χ2v) is 7.02. The van der Waals surface area contributed by atoms with E-state index in [9.17, 15) is 9.59 Å². The number of aromatic nitrogens is 1. The lowest BCUT2D eigenvalue weighted by Crippen LogP contribution is -2.25. The Bertz CT molecular complexity index is 955. The van der Waals surface area contributed by atoms with Crippen LogP contribution in [0.4, 0.5) is 0 Å². The first-order valence-electron chi connectivity index (χ1n) is 7.92. The van der Waals surface area contributed by atoms with Crippen LogP contribution < -0.4 is 11.1 Å². The lowest BCUT2D eigenvalue weighted by Gasteiger charge is -2.05. The molecule has 5 nitrogen and oxygen atoms in total. The van der Waals surface area contributed by atoms with Gasteiger partial charge in [0.1, 0.15) is 9.88 Å². The summed E-state index contributed by atoms with van der Waals surface area (Å²) in [7, 11) is 0. The SMILES string of the molecule is NC(=O)c1cccc(CCNC(=O)c2cnc(-c3ccccc3Cl)s2)c1. The summed E-state index contributed by atoms with van der Waals surface area (Å²) >= 11 is 7.46. The Kier molecular flexibility index (Phi) is 5.65. The van der Waals surface area contributed by atoms with Gasteiger partial charge in [0, 0.05) is 17.7 Å². The number of benzene rings is 2. The van der Waals surface area contributed by atoms with E-state index in [1.54, 1.807) is 30.5 Å². The van der Waals surface area contributed by atoms with Crippen LogP contribution in [0, 0.1) is 0 Å². The Morgan fingerprint density at radius 1 is 1.15 bits per heavy atom. The van der Waals surface area contributed by atoms with Crippen molar-refractivity contribution >= 4 is 34.8 Å². The van der Waals surface area contributed by atoms with Gasteiger partial charge in [0.05, 0.1) is 11.2 Å². The van der Waals surface area contributed by atoms with Gasteiger partial charge in [-0.25, -0.2) is 4.98 Å². The summed E-state index contributed by atoms with van der Waals surface area (Å²) < 4.78 is 0. The minimum absolute atomic E-state index is 0.188. The number of thiazole rings is 1. The summed E-state index contributed by atoms with van der Waals surface area (Å²) in [5.41, 5.74) is 7.47. The highest BCUT2D eigenvalue weighted by molar-refractivity contribution is 7.17. The molecule has 7 heteroatoms. The number of nitrogens with two attached hydrogens (primary N) is 1. The van der Waals surface area contributed by atoms with Crippen LogP contribution >= 0.6 is 22.9 Å². The molecule has 0 saturated carbocycles. The molecule has 2 aromatic carbocycles. The first-order valence-corrected chi connectivity index (χ1v) is 9.11. The summed E-state index contributed by atoms with van der Waals surface area (Å²) in [6.45, 7) is 0.445. The van der Waals surface area contributed by atoms with Gasteiger partial charge >= 0.3 is 0 Å². The van der Waals surface area contributed by atoms with E-state index in [-0.39, 0.29) is 5.91 Å². The summed E-state index contributed by atoms with van der Waals surface area (Å²) in [5, 5.41) is 4.16. The lowest BCUT2D eigenvalue weighted by atomic mass is 10.1. The molecule has 0 bridgehead atoms. The molecule has 0 aliphatic carbocycles. The van der Waals surface area contributed by atoms with Gasteiger partial charge in [-0.3, -0.25) is 9.59 Å². The van der Waals surface area contributed by atoms with Gasteiger partial charge in [0.25, 0.3) is 5.91 Å². The monoisotopic (exact) mass is 385 g/mol. The molecular weight excluding hydrogens is 370 g/mol. The van der Waals surface area contributed by atoms with Gasteiger partial charge in [-0.2, -0.15) is 0 Å². The summed E-state index contributed by atoms with van der Waals surface area (Å²) in [4.78, 5) is 28.3. The molecule has 3 rings (SSSR count). The highest BCUT2D eigenvalue weighted by Gasteiger charge is 2.13. The number of nitrogens with one attached hydrogen (secondary N) is 1. The Morgan fingerprint density at radius 2 is 1.96 bits per heavy atom. The van der Waals surface area contributed by atoms with Crippen LogP contribution in [0.25, 0.3) is 10.6 Å². The Balaban J connectivity index is 1.60. The third kappa shape index (κ3) is 4.28. The molecule has 132 valence electrons. The number of halogens is 1. The maximum atomic E-state index is 12.3. The number of carbonyl (C=O) groups excluding carboxylic acids is 2. The number of carbonyl (C=O) groups is 2. The quantitative estimate of drug-likeness (QED) is 0.680. The largest absolute Gasteiger partial charge is 0.366 e. The third-order valence-corrected chi connectivity index (χ3v) is 5.10. The van der Waals surface area contributed by atoms with E-state index in [1.165, 1.54) is 11.3 Å². The molecular formula is C19H16ClN3O2S. The number of rotatable bonds is 6. The van der Waals surface area contributed by atoms with Crippen molar-refractivity contribution in [1.29, 1.82) is 0 Å². The Labute approximate surface area is 159 Å². The number of hydrogen-bond acceptors (Lipinski definition) is 4. The van der Waals surface area contributed by atoms with Crippen molar-refractivity contribution in [3.8, 4) is 10.6 Å². The van der Waals surface area contributed by atoms with Gasteiger partial charge < -0.3 is 11.1 Å². The molecule has 0 spiro atoms. The van der Waals surface area contributed by atoms with Crippen LogP contribution in [0.3, 0.4) is 0 Å². The van der Waals surface area contributed by atoms with Crippen LogP contribution in [-0.4, -0.2) is 23.3 Å². The molecule has 3 aromatic rings. The zero-order valence-electron chi connectivity index (χ0n) is 13.7. The molecule has 26 heavy (non-hydrogen) atoms.